The topological polar surface area (TPSA) is 41.1 Å². The zero-order valence-electron chi connectivity index (χ0n) is 10.3. The molecular formula is C12H12ClF3N2OS. The third-order valence-electron chi connectivity index (χ3n) is 2.27. The van der Waals surface area contributed by atoms with Crippen molar-refractivity contribution in [3.05, 3.63) is 29.8 Å². The lowest BCUT2D eigenvalue weighted by Gasteiger charge is -2.15. The van der Waals surface area contributed by atoms with Gasteiger partial charge < -0.3 is 10.6 Å². The first-order valence-electron chi connectivity index (χ1n) is 5.67. The molecule has 0 fully saturated rings. The molecule has 110 valence electrons. The number of halogens is 4. The van der Waals surface area contributed by atoms with E-state index < -0.39 is 17.6 Å². The minimum absolute atomic E-state index is 0.159. The Bertz CT molecular complexity index is 494. The number of amides is 1. The number of hydrogen-bond acceptors (Lipinski definition) is 2. The number of alkyl halides is 4. The number of benzene rings is 1. The lowest BCUT2D eigenvalue weighted by atomic mass is 10.1. The minimum atomic E-state index is -4.50. The van der Waals surface area contributed by atoms with E-state index in [1.54, 1.807) is 0 Å². The first kappa shape index (κ1) is 16.7. The smallest absolute Gasteiger partial charge is 0.332 e. The number of carbonyl (C=O) groups excluding carboxylic acids is 1. The number of anilines is 1. The summed E-state index contributed by atoms with van der Waals surface area (Å²) in [5, 5.41) is 4.49. The van der Waals surface area contributed by atoms with E-state index in [9.17, 15) is 18.0 Å². The van der Waals surface area contributed by atoms with Gasteiger partial charge in [0.2, 0.25) is 5.91 Å². The summed E-state index contributed by atoms with van der Waals surface area (Å²) in [7, 11) is 0. The maximum absolute atomic E-state index is 12.7. The molecule has 0 atom stereocenters. The highest BCUT2D eigenvalue weighted by atomic mass is 35.5. The standard InChI is InChI=1S/C12H12ClF3N2OS/c13-7-3-6-10(19)18-11(20)17-9-5-2-1-4-8(9)12(14,15)16/h1-2,4-5H,3,6-7H2,(H2,17,18,19,20). The Kier molecular flexibility index (Phi) is 6.22. The molecule has 3 nitrogen and oxygen atoms in total. The van der Waals surface area contributed by atoms with Crippen LogP contribution in [0.5, 0.6) is 0 Å². The van der Waals surface area contributed by atoms with Crippen LogP contribution in [-0.2, 0) is 11.0 Å². The van der Waals surface area contributed by atoms with E-state index in [2.05, 4.69) is 10.6 Å². The van der Waals surface area contributed by atoms with E-state index in [-0.39, 0.29) is 17.2 Å². The fraction of sp³-hybridized carbons (Fsp3) is 0.333. The van der Waals surface area contributed by atoms with Crippen LogP contribution in [0.2, 0.25) is 0 Å². The van der Waals surface area contributed by atoms with Gasteiger partial charge in [-0.15, -0.1) is 11.6 Å². The van der Waals surface area contributed by atoms with Gasteiger partial charge in [-0.2, -0.15) is 13.2 Å². The molecule has 1 aromatic carbocycles. The van der Waals surface area contributed by atoms with Crippen LogP contribution in [0.25, 0.3) is 0 Å². The number of thiocarbonyl (C=S) groups is 1. The van der Waals surface area contributed by atoms with Crippen molar-refractivity contribution in [1.29, 1.82) is 0 Å². The Morgan fingerprint density at radius 3 is 2.55 bits per heavy atom. The van der Waals surface area contributed by atoms with Crippen LogP contribution in [0.1, 0.15) is 18.4 Å². The Balaban J connectivity index is 2.69. The van der Waals surface area contributed by atoms with Gasteiger partial charge in [-0.3, -0.25) is 4.79 Å². The van der Waals surface area contributed by atoms with Crippen LogP contribution in [-0.4, -0.2) is 16.9 Å². The largest absolute Gasteiger partial charge is 0.418 e. The average molecular weight is 325 g/mol. The number of carbonyl (C=O) groups is 1. The van der Waals surface area contributed by atoms with Crippen LogP contribution < -0.4 is 10.6 Å². The van der Waals surface area contributed by atoms with Gasteiger partial charge in [0.1, 0.15) is 0 Å². The normalized spacial score (nSPS) is 11.0. The molecule has 0 unspecified atom stereocenters. The zero-order valence-corrected chi connectivity index (χ0v) is 11.8. The van der Waals surface area contributed by atoms with Crippen molar-refractivity contribution in [2.75, 3.05) is 11.2 Å². The highest BCUT2D eigenvalue weighted by Gasteiger charge is 2.33. The van der Waals surface area contributed by atoms with E-state index in [1.807, 2.05) is 0 Å². The Hall–Kier alpha value is -1.34. The van der Waals surface area contributed by atoms with E-state index in [0.29, 0.717) is 12.3 Å². The predicted octanol–water partition coefficient (Wildman–Crippen LogP) is 3.54. The molecule has 0 aliphatic carbocycles. The lowest BCUT2D eigenvalue weighted by molar-refractivity contribution is -0.136. The molecule has 2 N–H and O–H groups in total. The van der Waals surface area contributed by atoms with Gasteiger partial charge in [-0.1, -0.05) is 12.1 Å². The quantitative estimate of drug-likeness (QED) is 0.657. The molecule has 1 amide bonds. The van der Waals surface area contributed by atoms with E-state index in [0.717, 1.165) is 6.07 Å². The van der Waals surface area contributed by atoms with Gasteiger partial charge in [0.05, 0.1) is 11.3 Å². The molecule has 0 heterocycles. The van der Waals surface area contributed by atoms with Crippen molar-refractivity contribution in [3.63, 3.8) is 0 Å². The first-order valence-corrected chi connectivity index (χ1v) is 6.62. The number of para-hydroxylation sites is 1. The third kappa shape index (κ3) is 5.34. The Morgan fingerprint density at radius 2 is 1.95 bits per heavy atom. The lowest BCUT2D eigenvalue weighted by Crippen LogP contribution is -2.34. The Labute approximate surface area is 124 Å². The second-order valence-corrected chi connectivity index (χ2v) is 4.62. The summed E-state index contributed by atoms with van der Waals surface area (Å²) in [6.45, 7) is 0. The van der Waals surface area contributed by atoms with Crippen LogP contribution in [0.3, 0.4) is 0 Å². The third-order valence-corrected chi connectivity index (χ3v) is 2.74. The van der Waals surface area contributed by atoms with Crippen molar-refractivity contribution < 1.29 is 18.0 Å². The number of nitrogens with one attached hydrogen (secondary N) is 2. The van der Waals surface area contributed by atoms with Crippen molar-refractivity contribution >= 4 is 40.5 Å². The van der Waals surface area contributed by atoms with Gasteiger partial charge in [0, 0.05) is 12.3 Å². The summed E-state index contributed by atoms with van der Waals surface area (Å²) in [5.74, 6) is -0.0718. The molecule has 0 spiro atoms. The molecule has 0 saturated heterocycles. The van der Waals surface area contributed by atoms with Gasteiger partial charge in [-0.05, 0) is 30.8 Å². The summed E-state index contributed by atoms with van der Waals surface area (Å²) >= 11 is 10.2. The summed E-state index contributed by atoms with van der Waals surface area (Å²) in [6.07, 6.45) is -3.87. The molecule has 1 rings (SSSR count). The second kappa shape index (κ2) is 7.44. The monoisotopic (exact) mass is 324 g/mol. The fourth-order valence-electron chi connectivity index (χ4n) is 1.41. The number of rotatable bonds is 4. The molecular weight excluding hydrogens is 313 g/mol. The van der Waals surface area contributed by atoms with E-state index in [1.165, 1.54) is 18.2 Å². The Morgan fingerprint density at radius 1 is 1.30 bits per heavy atom. The molecule has 20 heavy (non-hydrogen) atoms. The van der Waals surface area contributed by atoms with Crippen molar-refractivity contribution in [2.45, 2.75) is 19.0 Å². The SMILES string of the molecule is O=C(CCCCl)NC(=S)Nc1ccccc1C(F)(F)F. The van der Waals surface area contributed by atoms with Crippen molar-refractivity contribution in [3.8, 4) is 0 Å². The average Bonchev–Trinajstić information content (AvgIpc) is 2.35. The highest BCUT2D eigenvalue weighted by Crippen LogP contribution is 2.34. The van der Waals surface area contributed by atoms with Crippen LogP contribution >= 0.6 is 23.8 Å². The van der Waals surface area contributed by atoms with Gasteiger partial charge in [0.25, 0.3) is 0 Å². The molecule has 0 aromatic heterocycles. The molecule has 0 aliphatic rings. The van der Waals surface area contributed by atoms with Gasteiger partial charge in [-0.25, -0.2) is 0 Å². The second-order valence-electron chi connectivity index (χ2n) is 3.84. The minimum Gasteiger partial charge on any atom is -0.332 e. The maximum atomic E-state index is 12.7. The molecule has 0 saturated carbocycles. The summed E-state index contributed by atoms with van der Waals surface area (Å²) in [6, 6.07) is 4.88. The molecule has 0 aliphatic heterocycles. The predicted molar refractivity (Wildman–Crippen MR) is 75.8 cm³/mol. The summed E-state index contributed by atoms with van der Waals surface area (Å²) in [5.41, 5.74) is -1.06. The van der Waals surface area contributed by atoms with E-state index >= 15 is 0 Å². The van der Waals surface area contributed by atoms with Gasteiger partial charge in [0.15, 0.2) is 5.11 Å². The maximum Gasteiger partial charge on any atom is 0.418 e. The molecule has 0 bridgehead atoms. The molecule has 8 heteroatoms. The summed E-state index contributed by atoms with van der Waals surface area (Å²) in [4.78, 5) is 11.4. The van der Waals surface area contributed by atoms with Gasteiger partial charge >= 0.3 is 6.18 Å². The van der Waals surface area contributed by atoms with Crippen LogP contribution in [0.15, 0.2) is 24.3 Å². The molecule has 1 aromatic rings. The highest BCUT2D eigenvalue weighted by molar-refractivity contribution is 7.80. The first-order chi connectivity index (χ1) is 9.34. The van der Waals surface area contributed by atoms with Crippen molar-refractivity contribution in [2.24, 2.45) is 0 Å². The molecule has 0 radical (unpaired) electrons. The fourth-order valence-corrected chi connectivity index (χ4v) is 1.77. The van der Waals surface area contributed by atoms with Crippen molar-refractivity contribution in [1.82, 2.24) is 5.32 Å². The number of hydrogen-bond donors (Lipinski definition) is 2. The van der Waals surface area contributed by atoms with Crippen LogP contribution in [0.4, 0.5) is 18.9 Å². The summed E-state index contributed by atoms with van der Waals surface area (Å²) < 4.78 is 38.2. The van der Waals surface area contributed by atoms with E-state index in [4.69, 9.17) is 23.8 Å². The zero-order chi connectivity index (χ0) is 15.2. The van der Waals surface area contributed by atoms with Crippen LogP contribution in [0, 0.1) is 0 Å².